The van der Waals surface area contributed by atoms with E-state index in [1.165, 1.54) is 11.2 Å². The minimum Gasteiger partial charge on any atom is -0.325 e. The molecule has 1 aromatic carbocycles. The molecule has 0 spiro atoms. The predicted octanol–water partition coefficient (Wildman–Crippen LogP) is 7.20. The minimum absolute atomic E-state index is 0.188. The van der Waals surface area contributed by atoms with E-state index in [0.29, 0.717) is 18.4 Å². The van der Waals surface area contributed by atoms with Crippen LogP contribution in [0.4, 0.5) is 0 Å². The molecule has 0 saturated heterocycles. The van der Waals surface area contributed by atoms with Gasteiger partial charge in [0.2, 0.25) is 0 Å². The Morgan fingerprint density at radius 3 is 2.69 bits per heavy atom. The molecule has 186 valence electrons. The Morgan fingerprint density at radius 2 is 2.03 bits per heavy atom. The summed E-state index contributed by atoms with van der Waals surface area (Å²) < 4.78 is 2.40. The molecular weight excluding hydrogens is 474 g/mol. The zero-order chi connectivity index (χ0) is 24.8. The van der Waals surface area contributed by atoms with Crippen LogP contribution in [-0.2, 0) is 6.42 Å². The number of aromatic amines is 1. The third-order valence-electron chi connectivity index (χ3n) is 6.43. The average molecular weight is 510 g/mol. The van der Waals surface area contributed by atoms with Crippen molar-refractivity contribution in [3.63, 3.8) is 0 Å². The number of H-pyrrole nitrogens is 1. The van der Waals surface area contributed by atoms with E-state index in [0.717, 1.165) is 59.0 Å². The van der Waals surface area contributed by atoms with Crippen molar-refractivity contribution in [1.82, 2.24) is 24.7 Å². The summed E-state index contributed by atoms with van der Waals surface area (Å²) in [5, 5.41) is 9.74. The number of hydrogen-bond acceptors (Lipinski definition) is 6. The van der Waals surface area contributed by atoms with Gasteiger partial charge in [-0.05, 0) is 60.7 Å². The summed E-state index contributed by atoms with van der Waals surface area (Å²) in [4.78, 5) is 23.9. The summed E-state index contributed by atoms with van der Waals surface area (Å²) in [7, 11) is 0. The van der Waals surface area contributed by atoms with Gasteiger partial charge in [0.15, 0.2) is 10.9 Å². The fourth-order valence-corrected chi connectivity index (χ4v) is 6.38. The first kappa shape index (κ1) is 25.6. The van der Waals surface area contributed by atoms with Crippen LogP contribution in [0, 0.1) is 11.8 Å². The standard InChI is InChI=1S/C27H35N5OS2/c1-5-21(6-2)32-24-10-9-20(14-23(24)30-26(32)15-22-8-7-11-34-22)25(33)13-19(12-18(3)4)16-35-27-28-17-29-31-27/h7-11,14,17-19,21H,5-6,12-13,15-16H2,1-4H3,(H,28,29,31)/t19-/m1/s1. The fraction of sp³-hybridized carbons (Fsp3) is 0.481. The molecular formula is C27H35N5OS2. The van der Waals surface area contributed by atoms with Crippen LogP contribution in [0.5, 0.6) is 0 Å². The molecule has 0 unspecified atom stereocenters. The zero-order valence-corrected chi connectivity index (χ0v) is 22.7. The van der Waals surface area contributed by atoms with Crippen molar-refractivity contribution >= 4 is 39.9 Å². The zero-order valence-electron chi connectivity index (χ0n) is 21.0. The van der Waals surface area contributed by atoms with Gasteiger partial charge in [-0.25, -0.2) is 9.97 Å². The van der Waals surface area contributed by atoms with Gasteiger partial charge in [-0.3, -0.25) is 9.89 Å². The number of thioether (sulfide) groups is 1. The lowest BCUT2D eigenvalue weighted by atomic mass is 9.92. The maximum Gasteiger partial charge on any atom is 0.183 e. The Labute approximate surface area is 216 Å². The number of imidazole rings is 1. The molecule has 1 N–H and O–H groups in total. The summed E-state index contributed by atoms with van der Waals surface area (Å²) in [5.74, 6) is 2.93. The topological polar surface area (TPSA) is 76.5 Å². The molecule has 0 amide bonds. The number of rotatable bonds is 13. The highest BCUT2D eigenvalue weighted by molar-refractivity contribution is 7.99. The van der Waals surface area contributed by atoms with E-state index < -0.39 is 0 Å². The maximum atomic E-state index is 13.4. The van der Waals surface area contributed by atoms with E-state index >= 15 is 0 Å². The van der Waals surface area contributed by atoms with Gasteiger partial charge in [0.1, 0.15) is 12.2 Å². The number of aromatic nitrogens is 5. The fourth-order valence-electron chi connectivity index (χ4n) is 4.79. The minimum atomic E-state index is 0.188. The number of fused-ring (bicyclic) bond motifs is 1. The van der Waals surface area contributed by atoms with Crippen LogP contribution in [0.2, 0.25) is 0 Å². The van der Waals surface area contributed by atoms with Crippen molar-refractivity contribution in [3.8, 4) is 0 Å². The number of Topliss-reactive ketones (excluding diaryl/α,β-unsaturated/α-hetero) is 1. The average Bonchev–Trinajstić information content (AvgIpc) is 3.60. The number of nitrogens with zero attached hydrogens (tertiary/aromatic N) is 4. The van der Waals surface area contributed by atoms with E-state index in [1.54, 1.807) is 23.1 Å². The normalized spacial score (nSPS) is 12.7. The van der Waals surface area contributed by atoms with Crippen molar-refractivity contribution in [2.45, 2.75) is 71.0 Å². The van der Waals surface area contributed by atoms with E-state index in [2.05, 4.69) is 71.0 Å². The van der Waals surface area contributed by atoms with Crippen LogP contribution in [0.3, 0.4) is 0 Å². The van der Waals surface area contributed by atoms with E-state index in [-0.39, 0.29) is 11.7 Å². The van der Waals surface area contributed by atoms with Gasteiger partial charge in [0.25, 0.3) is 0 Å². The molecule has 3 aromatic heterocycles. The van der Waals surface area contributed by atoms with Crippen molar-refractivity contribution in [2.75, 3.05) is 5.75 Å². The highest BCUT2D eigenvalue weighted by Crippen LogP contribution is 2.30. The Balaban J connectivity index is 1.57. The summed E-state index contributed by atoms with van der Waals surface area (Å²) >= 11 is 3.40. The lowest BCUT2D eigenvalue weighted by Gasteiger charge is -2.19. The number of hydrogen-bond donors (Lipinski definition) is 1. The SMILES string of the molecule is CCC(CC)n1c(Cc2cccs2)nc2cc(C(=O)C[C@H](CSc3ncn[nH]3)CC(C)C)ccc21. The summed E-state index contributed by atoms with van der Waals surface area (Å²) in [6.45, 7) is 8.89. The van der Waals surface area contributed by atoms with Crippen molar-refractivity contribution in [1.29, 1.82) is 0 Å². The van der Waals surface area contributed by atoms with Gasteiger partial charge < -0.3 is 4.57 Å². The number of carbonyl (C=O) groups excluding carboxylic acids is 1. The molecule has 0 bridgehead atoms. The summed E-state index contributed by atoms with van der Waals surface area (Å²) in [5.41, 5.74) is 2.81. The highest BCUT2D eigenvalue weighted by atomic mass is 32.2. The summed E-state index contributed by atoms with van der Waals surface area (Å²) in [6, 6.07) is 10.8. The van der Waals surface area contributed by atoms with E-state index in [9.17, 15) is 4.79 Å². The van der Waals surface area contributed by atoms with Crippen LogP contribution in [-0.4, -0.2) is 36.3 Å². The van der Waals surface area contributed by atoms with E-state index in [1.807, 2.05) is 12.1 Å². The van der Waals surface area contributed by atoms with Gasteiger partial charge in [-0.15, -0.1) is 11.3 Å². The molecule has 8 heteroatoms. The molecule has 6 nitrogen and oxygen atoms in total. The van der Waals surface area contributed by atoms with Gasteiger partial charge in [-0.1, -0.05) is 45.5 Å². The molecule has 4 aromatic rings. The molecule has 0 aliphatic rings. The number of thiophene rings is 1. The second-order valence-electron chi connectivity index (χ2n) is 9.55. The molecule has 0 aliphatic carbocycles. The quantitative estimate of drug-likeness (QED) is 0.152. The highest BCUT2D eigenvalue weighted by Gasteiger charge is 2.21. The van der Waals surface area contributed by atoms with Crippen LogP contribution in [0.25, 0.3) is 11.0 Å². The monoisotopic (exact) mass is 509 g/mol. The maximum absolute atomic E-state index is 13.4. The van der Waals surface area contributed by atoms with Crippen molar-refractivity contribution < 1.29 is 4.79 Å². The largest absolute Gasteiger partial charge is 0.325 e. The number of ketones is 1. The molecule has 0 fully saturated rings. The van der Waals surface area contributed by atoms with Crippen LogP contribution in [0.1, 0.15) is 80.5 Å². The second-order valence-corrected chi connectivity index (χ2v) is 11.6. The van der Waals surface area contributed by atoms with E-state index in [4.69, 9.17) is 4.98 Å². The Morgan fingerprint density at radius 1 is 1.20 bits per heavy atom. The van der Waals surface area contributed by atoms with Crippen molar-refractivity contribution in [2.24, 2.45) is 11.8 Å². The number of nitrogens with one attached hydrogen (secondary N) is 1. The van der Waals surface area contributed by atoms with Crippen molar-refractivity contribution in [3.05, 3.63) is 58.3 Å². The summed E-state index contributed by atoms with van der Waals surface area (Å²) in [6.07, 6.45) is 5.98. The predicted molar refractivity (Wildman–Crippen MR) is 145 cm³/mol. The Hall–Kier alpha value is -2.45. The van der Waals surface area contributed by atoms with Gasteiger partial charge >= 0.3 is 0 Å². The molecule has 0 aliphatic heterocycles. The van der Waals surface area contributed by atoms with Crippen LogP contribution >= 0.6 is 23.1 Å². The molecule has 3 heterocycles. The van der Waals surface area contributed by atoms with Gasteiger partial charge in [0, 0.05) is 35.1 Å². The lowest BCUT2D eigenvalue weighted by molar-refractivity contribution is 0.0961. The third kappa shape index (κ3) is 6.41. The van der Waals surface area contributed by atoms with Gasteiger partial charge in [-0.2, -0.15) is 5.10 Å². The number of carbonyl (C=O) groups is 1. The molecule has 0 saturated carbocycles. The first-order chi connectivity index (χ1) is 17.0. The van der Waals surface area contributed by atoms with Crippen LogP contribution < -0.4 is 0 Å². The second kappa shape index (κ2) is 12.0. The van der Waals surface area contributed by atoms with Gasteiger partial charge in [0.05, 0.1) is 11.0 Å². The third-order valence-corrected chi connectivity index (χ3v) is 8.42. The number of benzene rings is 1. The first-order valence-corrected chi connectivity index (χ1v) is 14.4. The Kier molecular flexibility index (Phi) is 8.78. The Bertz CT molecular complexity index is 1210. The van der Waals surface area contributed by atoms with Crippen LogP contribution in [0.15, 0.2) is 47.2 Å². The smallest absolute Gasteiger partial charge is 0.183 e. The first-order valence-electron chi connectivity index (χ1n) is 12.5. The molecule has 4 rings (SSSR count). The molecule has 0 radical (unpaired) electrons. The lowest BCUT2D eigenvalue weighted by Crippen LogP contribution is -2.14. The molecule has 35 heavy (non-hydrogen) atoms. The molecule has 1 atom stereocenters.